The Kier molecular flexibility index (Phi) is 4.40. The summed E-state index contributed by atoms with van der Waals surface area (Å²) in [5.41, 5.74) is 2.50. The van der Waals surface area contributed by atoms with Crippen molar-refractivity contribution in [1.29, 1.82) is 0 Å². The third-order valence-electron chi connectivity index (χ3n) is 3.70. The number of aromatic hydroxyl groups is 1. The monoisotopic (exact) mass is 306 g/mol. The molecule has 22 heavy (non-hydrogen) atoms. The van der Waals surface area contributed by atoms with Crippen LogP contribution in [0.1, 0.15) is 34.0 Å². The number of ether oxygens (including phenoxy) is 3. The number of fused-ring (bicyclic) bond motifs is 1. The van der Waals surface area contributed by atoms with Crippen LogP contribution in [0, 0.1) is 13.8 Å². The SMILES string of the molecule is COC(=O)/C(C)=C/COc1c(C)c(O)c2c(c1C)COC2=O. The molecule has 1 aliphatic rings. The molecule has 0 amide bonds. The second kappa shape index (κ2) is 6.09. The van der Waals surface area contributed by atoms with Crippen LogP contribution in [0.15, 0.2) is 11.6 Å². The average molecular weight is 306 g/mol. The van der Waals surface area contributed by atoms with Crippen LogP contribution < -0.4 is 4.74 Å². The number of carbonyl (C=O) groups is 2. The van der Waals surface area contributed by atoms with Gasteiger partial charge < -0.3 is 19.3 Å². The first kappa shape index (κ1) is 15.9. The molecule has 0 aliphatic carbocycles. The maximum absolute atomic E-state index is 11.6. The molecule has 6 heteroatoms. The number of carbonyl (C=O) groups excluding carboxylic acids is 2. The van der Waals surface area contributed by atoms with E-state index in [9.17, 15) is 14.7 Å². The normalized spacial score (nSPS) is 13.6. The summed E-state index contributed by atoms with van der Waals surface area (Å²) in [6.45, 7) is 5.37. The molecule has 1 heterocycles. The molecule has 2 rings (SSSR count). The fourth-order valence-electron chi connectivity index (χ4n) is 2.36. The second-order valence-corrected chi connectivity index (χ2v) is 5.05. The highest BCUT2D eigenvalue weighted by Crippen LogP contribution is 2.40. The minimum absolute atomic E-state index is 0.119. The summed E-state index contributed by atoms with van der Waals surface area (Å²) in [7, 11) is 1.31. The van der Waals surface area contributed by atoms with Crippen LogP contribution in [-0.2, 0) is 20.9 Å². The highest BCUT2D eigenvalue weighted by atomic mass is 16.5. The third kappa shape index (κ3) is 2.64. The Morgan fingerprint density at radius 1 is 1.36 bits per heavy atom. The van der Waals surface area contributed by atoms with Gasteiger partial charge in [-0.2, -0.15) is 0 Å². The standard InChI is InChI=1S/C16H18O6/c1-8(15(18)20-4)5-6-21-14-9(2)11-7-22-16(19)12(11)13(17)10(14)3/h5,17H,6-7H2,1-4H3/b8-5+. The molecule has 0 saturated carbocycles. The highest BCUT2D eigenvalue weighted by molar-refractivity contribution is 5.97. The van der Waals surface area contributed by atoms with Gasteiger partial charge in [-0.1, -0.05) is 0 Å². The van der Waals surface area contributed by atoms with Crippen molar-refractivity contribution >= 4 is 11.9 Å². The van der Waals surface area contributed by atoms with Crippen LogP contribution >= 0.6 is 0 Å². The van der Waals surface area contributed by atoms with Crippen LogP contribution in [0.3, 0.4) is 0 Å². The summed E-state index contributed by atoms with van der Waals surface area (Å²) in [5, 5.41) is 10.2. The first-order valence-electron chi connectivity index (χ1n) is 6.78. The Balaban J connectivity index is 2.28. The van der Waals surface area contributed by atoms with Crippen LogP contribution in [0.25, 0.3) is 0 Å². The maximum atomic E-state index is 11.6. The van der Waals surface area contributed by atoms with E-state index in [2.05, 4.69) is 4.74 Å². The highest BCUT2D eigenvalue weighted by Gasteiger charge is 2.31. The molecule has 1 aliphatic heterocycles. The lowest BCUT2D eigenvalue weighted by Crippen LogP contribution is -2.06. The molecule has 0 fully saturated rings. The fraction of sp³-hybridized carbons (Fsp3) is 0.375. The minimum Gasteiger partial charge on any atom is -0.507 e. The third-order valence-corrected chi connectivity index (χ3v) is 3.70. The lowest BCUT2D eigenvalue weighted by Gasteiger charge is -2.15. The molecular weight excluding hydrogens is 288 g/mol. The number of phenols is 1. The van der Waals surface area contributed by atoms with E-state index in [0.717, 1.165) is 5.56 Å². The van der Waals surface area contributed by atoms with Gasteiger partial charge >= 0.3 is 11.9 Å². The first-order valence-corrected chi connectivity index (χ1v) is 6.78. The van der Waals surface area contributed by atoms with Gasteiger partial charge in [0.2, 0.25) is 0 Å². The van der Waals surface area contributed by atoms with E-state index in [1.165, 1.54) is 7.11 Å². The molecule has 118 valence electrons. The Hall–Kier alpha value is -2.50. The molecule has 0 bridgehead atoms. The summed E-state index contributed by atoms with van der Waals surface area (Å²) in [6, 6.07) is 0. The zero-order chi connectivity index (χ0) is 16.4. The van der Waals surface area contributed by atoms with Crippen LogP contribution in [-0.4, -0.2) is 30.8 Å². The molecular formula is C16H18O6. The molecule has 6 nitrogen and oxygen atoms in total. The molecule has 0 spiro atoms. The van der Waals surface area contributed by atoms with Gasteiger partial charge in [0.15, 0.2) is 0 Å². The zero-order valence-corrected chi connectivity index (χ0v) is 13.0. The number of hydrogen-bond acceptors (Lipinski definition) is 6. The van der Waals surface area contributed by atoms with Crippen LogP contribution in [0.5, 0.6) is 11.5 Å². The van der Waals surface area contributed by atoms with E-state index < -0.39 is 11.9 Å². The van der Waals surface area contributed by atoms with E-state index >= 15 is 0 Å². The molecule has 1 N–H and O–H groups in total. The number of esters is 2. The van der Waals surface area contributed by atoms with Crippen molar-refractivity contribution in [2.75, 3.05) is 13.7 Å². The lowest BCUT2D eigenvalue weighted by atomic mass is 9.98. The predicted octanol–water partition coefficient (Wildman–Crippen LogP) is 2.18. The van der Waals surface area contributed by atoms with Crippen molar-refractivity contribution in [2.24, 2.45) is 0 Å². The van der Waals surface area contributed by atoms with E-state index in [4.69, 9.17) is 9.47 Å². The molecule has 0 unspecified atom stereocenters. The summed E-state index contributed by atoms with van der Waals surface area (Å²) >= 11 is 0. The van der Waals surface area contributed by atoms with E-state index in [1.54, 1.807) is 26.8 Å². The molecule has 0 saturated heterocycles. The summed E-state index contributed by atoms with van der Waals surface area (Å²) in [6.07, 6.45) is 1.59. The number of methoxy groups -OCH3 is 1. The van der Waals surface area contributed by atoms with Gasteiger partial charge in [-0.25, -0.2) is 9.59 Å². The number of benzene rings is 1. The number of phenolic OH excluding ortho intramolecular Hbond substituents is 1. The van der Waals surface area contributed by atoms with Gasteiger partial charge in [0.05, 0.1) is 7.11 Å². The quantitative estimate of drug-likeness (QED) is 0.678. The topological polar surface area (TPSA) is 82.1 Å². The number of cyclic esters (lactones) is 1. The molecule has 0 aromatic heterocycles. The molecule has 0 atom stereocenters. The molecule has 1 aromatic rings. The van der Waals surface area contributed by atoms with E-state index in [0.29, 0.717) is 22.4 Å². The summed E-state index contributed by atoms with van der Waals surface area (Å²) in [5.74, 6) is -0.574. The van der Waals surface area contributed by atoms with Gasteiger partial charge in [0.25, 0.3) is 0 Å². The van der Waals surface area contributed by atoms with Gasteiger partial charge in [-0.05, 0) is 32.4 Å². The smallest absolute Gasteiger partial charge is 0.342 e. The van der Waals surface area contributed by atoms with E-state index in [1.807, 2.05) is 0 Å². The fourth-order valence-corrected chi connectivity index (χ4v) is 2.36. The van der Waals surface area contributed by atoms with Gasteiger partial charge in [0, 0.05) is 16.7 Å². The maximum Gasteiger partial charge on any atom is 0.342 e. The minimum atomic E-state index is -0.522. The van der Waals surface area contributed by atoms with Gasteiger partial charge in [0.1, 0.15) is 30.3 Å². The number of hydrogen-bond donors (Lipinski definition) is 1. The van der Waals surface area contributed by atoms with Gasteiger partial charge in [-0.15, -0.1) is 0 Å². The largest absolute Gasteiger partial charge is 0.507 e. The number of rotatable bonds is 4. The van der Waals surface area contributed by atoms with E-state index in [-0.39, 0.29) is 24.5 Å². The molecule has 1 aromatic carbocycles. The van der Waals surface area contributed by atoms with Crippen molar-refractivity contribution in [3.05, 3.63) is 33.9 Å². The lowest BCUT2D eigenvalue weighted by molar-refractivity contribution is -0.136. The van der Waals surface area contributed by atoms with Crippen molar-refractivity contribution < 1.29 is 28.9 Å². The second-order valence-electron chi connectivity index (χ2n) is 5.05. The first-order chi connectivity index (χ1) is 10.4. The Morgan fingerprint density at radius 3 is 2.68 bits per heavy atom. The summed E-state index contributed by atoms with van der Waals surface area (Å²) in [4.78, 5) is 22.9. The Labute approximate surface area is 128 Å². The molecule has 0 radical (unpaired) electrons. The van der Waals surface area contributed by atoms with Crippen molar-refractivity contribution in [1.82, 2.24) is 0 Å². The van der Waals surface area contributed by atoms with Crippen molar-refractivity contribution in [3.8, 4) is 11.5 Å². The van der Waals surface area contributed by atoms with Crippen LogP contribution in [0.4, 0.5) is 0 Å². The predicted molar refractivity (Wildman–Crippen MR) is 78.0 cm³/mol. The zero-order valence-electron chi connectivity index (χ0n) is 13.0. The Morgan fingerprint density at radius 2 is 2.05 bits per heavy atom. The Bertz CT molecular complexity index is 672. The van der Waals surface area contributed by atoms with Crippen LogP contribution in [0.2, 0.25) is 0 Å². The van der Waals surface area contributed by atoms with Gasteiger partial charge in [-0.3, -0.25) is 0 Å². The van der Waals surface area contributed by atoms with Crippen molar-refractivity contribution in [2.45, 2.75) is 27.4 Å². The summed E-state index contributed by atoms with van der Waals surface area (Å²) < 4.78 is 15.2. The average Bonchev–Trinajstić information content (AvgIpc) is 2.89. The van der Waals surface area contributed by atoms with Crippen molar-refractivity contribution in [3.63, 3.8) is 0 Å².